The van der Waals surface area contributed by atoms with Crippen LogP contribution in [-0.4, -0.2) is 16.1 Å². The summed E-state index contributed by atoms with van der Waals surface area (Å²) in [6.45, 7) is 12.5. The van der Waals surface area contributed by atoms with E-state index in [0.717, 1.165) is 17.8 Å². The van der Waals surface area contributed by atoms with Gasteiger partial charge in [-0.3, -0.25) is 0 Å². The van der Waals surface area contributed by atoms with Crippen molar-refractivity contribution in [1.82, 2.24) is 9.97 Å². The van der Waals surface area contributed by atoms with Crippen LogP contribution in [0.15, 0.2) is 0 Å². The highest BCUT2D eigenvalue weighted by atomic mass is 16.5. The summed E-state index contributed by atoms with van der Waals surface area (Å²) in [5.74, 6) is 1.89. The van der Waals surface area contributed by atoms with E-state index in [-0.39, 0.29) is 11.5 Å². The van der Waals surface area contributed by atoms with Crippen LogP contribution in [0.25, 0.3) is 0 Å². The van der Waals surface area contributed by atoms with Crippen LogP contribution in [0.5, 0.6) is 5.88 Å². The summed E-state index contributed by atoms with van der Waals surface area (Å²) < 4.78 is 6.01. The van der Waals surface area contributed by atoms with Crippen molar-refractivity contribution in [3.05, 3.63) is 11.4 Å². The molecule has 0 aliphatic rings. The Bertz CT molecular complexity index is 452. The van der Waals surface area contributed by atoms with Gasteiger partial charge in [-0.2, -0.15) is 4.98 Å². The molecule has 21 heavy (non-hydrogen) atoms. The molecule has 0 aliphatic heterocycles. The van der Waals surface area contributed by atoms with Crippen LogP contribution in [0, 0.1) is 6.92 Å². The molecule has 1 aromatic rings. The molecule has 1 atom stereocenters. The van der Waals surface area contributed by atoms with E-state index in [9.17, 15) is 0 Å². The number of hydrogen-bond acceptors (Lipinski definition) is 4. The number of nitrogens with zero attached hydrogens (tertiary/aromatic N) is 2. The van der Waals surface area contributed by atoms with Gasteiger partial charge < -0.3 is 10.5 Å². The van der Waals surface area contributed by atoms with Gasteiger partial charge in [-0.1, -0.05) is 47.0 Å². The van der Waals surface area contributed by atoms with Crippen LogP contribution in [0.4, 0.5) is 5.82 Å². The second-order valence-electron chi connectivity index (χ2n) is 6.89. The summed E-state index contributed by atoms with van der Waals surface area (Å²) in [4.78, 5) is 8.96. The van der Waals surface area contributed by atoms with Crippen molar-refractivity contribution in [2.75, 3.05) is 5.73 Å². The molecule has 0 spiro atoms. The largest absolute Gasteiger partial charge is 0.474 e. The second kappa shape index (κ2) is 7.62. The summed E-state index contributed by atoms with van der Waals surface area (Å²) in [6.07, 6.45) is 6.21. The number of nitrogen functional groups attached to an aromatic ring is 1. The molecule has 0 saturated heterocycles. The highest BCUT2D eigenvalue weighted by Crippen LogP contribution is 2.27. The lowest BCUT2D eigenvalue weighted by Crippen LogP contribution is -2.20. The molecular formula is C17H31N3O. The predicted octanol–water partition coefficient (Wildman–Crippen LogP) is 4.40. The van der Waals surface area contributed by atoms with E-state index in [4.69, 9.17) is 10.5 Å². The van der Waals surface area contributed by atoms with Crippen molar-refractivity contribution >= 4 is 5.82 Å². The Morgan fingerprint density at radius 2 is 1.81 bits per heavy atom. The Morgan fingerprint density at radius 3 is 2.38 bits per heavy atom. The van der Waals surface area contributed by atoms with Gasteiger partial charge in [0.2, 0.25) is 5.88 Å². The Hall–Kier alpha value is -1.32. The Labute approximate surface area is 129 Å². The zero-order chi connectivity index (χ0) is 16.0. The van der Waals surface area contributed by atoms with Crippen molar-refractivity contribution in [2.24, 2.45) is 0 Å². The van der Waals surface area contributed by atoms with Crippen molar-refractivity contribution < 1.29 is 4.74 Å². The van der Waals surface area contributed by atoms with E-state index in [1.54, 1.807) is 0 Å². The van der Waals surface area contributed by atoms with E-state index in [1.165, 1.54) is 25.7 Å². The molecule has 0 aliphatic carbocycles. The van der Waals surface area contributed by atoms with Crippen LogP contribution >= 0.6 is 0 Å². The van der Waals surface area contributed by atoms with Gasteiger partial charge in [0.15, 0.2) is 0 Å². The monoisotopic (exact) mass is 293 g/mol. The maximum atomic E-state index is 6.01. The summed E-state index contributed by atoms with van der Waals surface area (Å²) in [5.41, 5.74) is 6.70. The normalized spacial score (nSPS) is 13.2. The summed E-state index contributed by atoms with van der Waals surface area (Å²) >= 11 is 0. The van der Waals surface area contributed by atoms with Gasteiger partial charge in [-0.15, -0.1) is 0 Å². The van der Waals surface area contributed by atoms with Crippen molar-refractivity contribution in [1.29, 1.82) is 0 Å². The van der Waals surface area contributed by atoms with Gasteiger partial charge in [0.05, 0.1) is 11.7 Å². The molecular weight excluding hydrogens is 262 g/mol. The van der Waals surface area contributed by atoms with Gasteiger partial charge >= 0.3 is 0 Å². The van der Waals surface area contributed by atoms with Crippen LogP contribution in [0.3, 0.4) is 0 Å². The van der Waals surface area contributed by atoms with Crippen molar-refractivity contribution in [2.45, 2.75) is 85.2 Å². The van der Waals surface area contributed by atoms with Crippen molar-refractivity contribution in [3.63, 3.8) is 0 Å². The Kier molecular flexibility index (Phi) is 6.43. The topological polar surface area (TPSA) is 61.0 Å². The van der Waals surface area contributed by atoms with E-state index < -0.39 is 0 Å². The van der Waals surface area contributed by atoms with Crippen LogP contribution < -0.4 is 10.5 Å². The van der Waals surface area contributed by atoms with Gasteiger partial charge in [0, 0.05) is 5.41 Å². The third kappa shape index (κ3) is 5.52. The molecule has 1 aromatic heterocycles. The fourth-order valence-electron chi connectivity index (χ4n) is 2.07. The number of anilines is 1. The number of unbranched alkanes of at least 4 members (excludes halogenated alkanes) is 3. The molecule has 4 heteroatoms. The smallest absolute Gasteiger partial charge is 0.222 e. The average molecular weight is 293 g/mol. The first-order chi connectivity index (χ1) is 9.75. The molecule has 2 N–H and O–H groups in total. The zero-order valence-corrected chi connectivity index (χ0v) is 14.5. The molecule has 4 nitrogen and oxygen atoms in total. The van der Waals surface area contributed by atoms with E-state index in [1.807, 2.05) is 6.92 Å². The quantitative estimate of drug-likeness (QED) is 0.757. The zero-order valence-electron chi connectivity index (χ0n) is 14.5. The SMILES string of the molecule is CCCCCCC(C)Oc1nc(C(C)(C)C)nc(N)c1C. The fourth-order valence-corrected chi connectivity index (χ4v) is 2.07. The highest BCUT2D eigenvalue weighted by Gasteiger charge is 2.21. The Balaban J connectivity index is 2.75. The summed E-state index contributed by atoms with van der Waals surface area (Å²) in [7, 11) is 0. The lowest BCUT2D eigenvalue weighted by Gasteiger charge is -2.21. The lowest BCUT2D eigenvalue weighted by atomic mass is 9.95. The lowest BCUT2D eigenvalue weighted by molar-refractivity contribution is 0.195. The molecule has 1 heterocycles. The van der Waals surface area contributed by atoms with Gasteiger partial charge in [0.25, 0.3) is 0 Å². The fraction of sp³-hybridized carbons (Fsp3) is 0.765. The minimum Gasteiger partial charge on any atom is -0.474 e. The van der Waals surface area contributed by atoms with Crippen molar-refractivity contribution in [3.8, 4) is 5.88 Å². The molecule has 1 unspecified atom stereocenters. The number of hydrogen-bond donors (Lipinski definition) is 1. The van der Waals surface area contributed by atoms with Gasteiger partial charge in [-0.25, -0.2) is 4.98 Å². The average Bonchev–Trinajstić information content (AvgIpc) is 2.38. The summed E-state index contributed by atoms with van der Waals surface area (Å²) in [5, 5.41) is 0. The third-order valence-electron chi connectivity index (χ3n) is 3.59. The van der Waals surface area contributed by atoms with E-state index >= 15 is 0 Å². The highest BCUT2D eigenvalue weighted by molar-refractivity contribution is 5.45. The predicted molar refractivity (Wildman–Crippen MR) is 88.7 cm³/mol. The molecule has 0 saturated carbocycles. The first kappa shape index (κ1) is 17.7. The maximum Gasteiger partial charge on any atom is 0.222 e. The second-order valence-corrected chi connectivity index (χ2v) is 6.89. The number of aromatic nitrogens is 2. The van der Waals surface area contributed by atoms with E-state index in [2.05, 4.69) is 44.6 Å². The Morgan fingerprint density at radius 1 is 1.14 bits per heavy atom. The van der Waals surface area contributed by atoms with Gasteiger partial charge in [-0.05, 0) is 26.7 Å². The molecule has 1 rings (SSSR count). The van der Waals surface area contributed by atoms with Crippen LogP contribution in [-0.2, 0) is 5.41 Å². The van der Waals surface area contributed by atoms with Crippen LogP contribution in [0.2, 0.25) is 0 Å². The molecule has 0 radical (unpaired) electrons. The molecule has 0 amide bonds. The van der Waals surface area contributed by atoms with Gasteiger partial charge in [0.1, 0.15) is 11.6 Å². The number of rotatable bonds is 7. The first-order valence-electron chi connectivity index (χ1n) is 8.07. The van der Waals surface area contributed by atoms with E-state index in [0.29, 0.717) is 11.7 Å². The molecule has 0 fully saturated rings. The summed E-state index contributed by atoms with van der Waals surface area (Å²) in [6, 6.07) is 0. The minimum atomic E-state index is -0.135. The van der Waals surface area contributed by atoms with Crippen LogP contribution in [0.1, 0.15) is 78.1 Å². The number of ether oxygens (including phenoxy) is 1. The minimum absolute atomic E-state index is 0.135. The molecule has 0 aromatic carbocycles. The first-order valence-corrected chi connectivity index (χ1v) is 8.07. The standard InChI is InChI=1S/C17H31N3O/c1-7-8-9-10-11-12(2)21-15-13(3)14(18)19-16(20-15)17(4,5)6/h12H,7-11H2,1-6H3,(H2,18,19,20). The molecule has 120 valence electrons. The third-order valence-corrected chi connectivity index (χ3v) is 3.59. The number of nitrogens with two attached hydrogens (primary N) is 1. The molecule has 0 bridgehead atoms. The maximum absolute atomic E-state index is 6.01.